The van der Waals surface area contributed by atoms with E-state index in [0.29, 0.717) is 24.0 Å². The molecule has 2 aromatic carbocycles. The van der Waals surface area contributed by atoms with Crippen molar-refractivity contribution in [1.29, 1.82) is 0 Å². The van der Waals surface area contributed by atoms with Crippen molar-refractivity contribution in [3.8, 4) is 11.8 Å². The van der Waals surface area contributed by atoms with E-state index in [1.807, 2.05) is 41.9 Å². The highest BCUT2D eigenvalue weighted by molar-refractivity contribution is 7.80. The molecule has 0 unspecified atom stereocenters. The van der Waals surface area contributed by atoms with Crippen LogP contribution in [0.15, 0.2) is 59.0 Å². The van der Waals surface area contributed by atoms with Crippen molar-refractivity contribution in [2.24, 2.45) is 0 Å². The van der Waals surface area contributed by atoms with Crippen LogP contribution in [0.2, 0.25) is 0 Å². The average Bonchev–Trinajstić information content (AvgIpc) is 3.23. The highest BCUT2D eigenvalue weighted by Gasteiger charge is 2.33. The second-order valence-electron chi connectivity index (χ2n) is 7.20. The van der Waals surface area contributed by atoms with E-state index in [0.717, 1.165) is 24.0 Å². The molecule has 0 spiro atoms. The van der Waals surface area contributed by atoms with E-state index >= 15 is 0 Å². The fourth-order valence-electron chi connectivity index (χ4n) is 3.47. The third-order valence-corrected chi connectivity index (χ3v) is 5.48. The third-order valence-electron chi connectivity index (χ3n) is 5.15. The first kappa shape index (κ1) is 20.1. The van der Waals surface area contributed by atoms with E-state index in [1.165, 1.54) is 0 Å². The van der Waals surface area contributed by atoms with Crippen LogP contribution in [0.4, 0.5) is 0 Å². The Morgan fingerprint density at radius 2 is 1.87 bits per heavy atom. The van der Waals surface area contributed by atoms with Gasteiger partial charge in [-0.05, 0) is 50.2 Å². The number of piperidine rings is 1. The van der Waals surface area contributed by atoms with Crippen molar-refractivity contribution in [2.45, 2.75) is 18.4 Å². The Balaban J connectivity index is 1.56. The van der Waals surface area contributed by atoms with E-state index in [2.05, 4.69) is 22.5 Å². The molecule has 7 heteroatoms. The predicted octanol–water partition coefficient (Wildman–Crippen LogP) is 2.99. The van der Waals surface area contributed by atoms with Crippen LogP contribution in [0.3, 0.4) is 0 Å². The van der Waals surface area contributed by atoms with Crippen molar-refractivity contribution in [3.63, 3.8) is 0 Å². The molecule has 30 heavy (non-hydrogen) atoms. The van der Waals surface area contributed by atoms with Gasteiger partial charge in [0.05, 0.1) is 0 Å². The van der Waals surface area contributed by atoms with Gasteiger partial charge < -0.3 is 15.1 Å². The van der Waals surface area contributed by atoms with Gasteiger partial charge in [-0.25, -0.2) is 0 Å². The minimum atomic E-state index is -0.637. The Morgan fingerprint density at radius 3 is 2.57 bits per heavy atom. The Kier molecular flexibility index (Phi) is 5.81. The second kappa shape index (κ2) is 8.67. The summed E-state index contributed by atoms with van der Waals surface area (Å²) in [5, 5.41) is 16.2. The van der Waals surface area contributed by atoms with Crippen molar-refractivity contribution in [3.05, 3.63) is 71.5 Å². The van der Waals surface area contributed by atoms with Crippen LogP contribution in [-0.2, 0) is 0 Å². The van der Waals surface area contributed by atoms with E-state index in [9.17, 15) is 4.79 Å². The van der Waals surface area contributed by atoms with Gasteiger partial charge in [-0.3, -0.25) is 15.5 Å². The topological polar surface area (TPSA) is 86.5 Å². The Morgan fingerprint density at radius 1 is 1.13 bits per heavy atom. The lowest BCUT2D eigenvalue weighted by Gasteiger charge is -2.33. The number of para-hydroxylation sites is 1. The molecule has 6 nitrogen and oxygen atoms in total. The molecule has 152 valence electrons. The summed E-state index contributed by atoms with van der Waals surface area (Å²) in [4.78, 5) is 13.2. The second-order valence-corrected chi connectivity index (χ2v) is 7.61. The zero-order valence-corrected chi connectivity index (χ0v) is 17.0. The number of fused-ring (bicyclic) bond motifs is 1. The van der Waals surface area contributed by atoms with Crippen LogP contribution >= 0.6 is 12.2 Å². The molecule has 1 aromatic heterocycles. The van der Waals surface area contributed by atoms with Gasteiger partial charge in [-0.1, -0.05) is 54.4 Å². The molecule has 0 saturated carbocycles. The maximum absolute atomic E-state index is 12.9. The Labute approximate surface area is 179 Å². The van der Waals surface area contributed by atoms with Gasteiger partial charge in [0.25, 0.3) is 5.91 Å². The maximum Gasteiger partial charge on any atom is 0.288 e. The van der Waals surface area contributed by atoms with Crippen molar-refractivity contribution < 1.29 is 14.4 Å². The normalized spacial score (nSPS) is 15.1. The van der Waals surface area contributed by atoms with Crippen LogP contribution in [0.5, 0.6) is 0 Å². The minimum absolute atomic E-state index is 0.252. The van der Waals surface area contributed by atoms with Gasteiger partial charge in [0.2, 0.25) is 0 Å². The first-order valence-corrected chi connectivity index (χ1v) is 10.1. The van der Waals surface area contributed by atoms with Crippen molar-refractivity contribution in [2.75, 3.05) is 13.1 Å². The Hall–Kier alpha value is -3.18. The number of amides is 1. The summed E-state index contributed by atoms with van der Waals surface area (Å²) in [6.45, 7) is 1.54. The summed E-state index contributed by atoms with van der Waals surface area (Å²) in [5.41, 5.74) is 3.52. The van der Waals surface area contributed by atoms with E-state index in [-0.39, 0.29) is 16.7 Å². The largest absolute Gasteiger partial charge is 0.451 e. The highest BCUT2D eigenvalue weighted by Crippen LogP contribution is 2.22. The molecular formula is C23H21N3O3S. The summed E-state index contributed by atoms with van der Waals surface area (Å²) < 4.78 is 5.71. The molecule has 3 aromatic rings. The highest BCUT2D eigenvalue weighted by atomic mass is 32.1. The van der Waals surface area contributed by atoms with Crippen LogP contribution in [-0.4, -0.2) is 34.7 Å². The zero-order valence-electron chi connectivity index (χ0n) is 16.2. The molecule has 1 aliphatic heterocycles. The first-order chi connectivity index (χ1) is 14.6. The predicted molar refractivity (Wildman–Crippen MR) is 118 cm³/mol. The quantitative estimate of drug-likeness (QED) is 0.297. The van der Waals surface area contributed by atoms with Gasteiger partial charge in [0, 0.05) is 16.5 Å². The summed E-state index contributed by atoms with van der Waals surface area (Å²) >= 11 is 5.01. The van der Waals surface area contributed by atoms with Crippen molar-refractivity contribution >= 4 is 34.1 Å². The van der Waals surface area contributed by atoms with E-state index in [4.69, 9.17) is 21.8 Å². The fraction of sp³-hybridized carbons (Fsp3) is 0.217. The molecular weight excluding hydrogens is 398 g/mol. The fourth-order valence-corrected chi connectivity index (χ4v) is 3.60. The van der Waals surface area contributed by atoms with Gasteiger partial charge >= 0.3 is 0 Å². The number of benzene rings is 2. The third kappa shape index (κ3) is 4.36. The molecule has 0 aliphatic carbocycles. The molecule has 1 amide bonds. The number of rotatable bonds is 3. The number of nitrogens with one attached hydrogen (secondary N) is 3. The SMILES string of the molecule is O=C(NC1(C#Cc2ccc(C(=S)NO)cc2)CCNCC1)c1cc2ccccc2o1. The van der Waals surface area contributed by atoms with E-state index < -0.39 is 5.54 Å². The van der Waals surface area contributed by atoms with Crippen LogP contribution < -0.4 is 16.1 Å². The maximum atomic E-state index is 12.9. The summed E-state index contributed by atoms with van der Waals surface area (Å²) in [7, 11) is 0. The van der Waals surface area contributed by atoms with Crippen LogP contribution in [0, 0.1) is 11.8 Å². The lowest BCUT2D eigenvalue weighted by Crippen LogP contribution is -2.53. The molecule has 1 fully saturated rings. The van der Waals surface area contributed by atoms with Crippen LogP contribution in [0.25, 0.3) is 11.0 Å². The zero-order chi connectivity index (χ0) is 21.0. The molecule has 1 saturated heterocycles. The molecule has 0 bridgehead atoms. The number of hydrogen-bond donors (Lipinski definition) is 4. The smallest absolute Gasteiger partial charge is 0.288 e. The van der Waals surface area contributed by atoms with Gasteiger partial charge in [0.1, 0.15) is 16.1 Å². The molecule has 0 radical (unpaired) electrons. The molecule has 0 atom stereocenters. The number of hydrogen-bond acceptors (Lipinski definition) is 5. The number of carbonyl (C=O) groups excluding carboxylic acids is 1. The monoisotopic (exact) mass is 419 g/mol. The lowest BCUT2D eigenvalue weighted by molar-refractivity contribution is 0.0881. The number of carbonyl (C=O) groups is 1. The van der Waals surface area contributed by atoms with E-state index in [1.54, 1.807) is 18.2 Å². The minimum Gasteiger partial charge on any atom is -0.451 e. The summed E-state index contributed by atoms with van der Waals surface area (Å²) in [5.74, 6) is 6.48. The van der Waals surface area contributed by atoms with Gasteiger partial charge in [-0.2, -0.15) is 0 Å². The van der Waals surface area contributed by atoms with Gasteiger partial charge in [-0.15, -0.1) is 0 Å². The van der Waals surface area contributed by atoms with Gasteiger partial charge in [0.15, 0.2) is 5.76 Å². The number of thiocarbonyl (C=S) groups is 1. The standard InChI is InChI=1S/C23H21N3O3S/c27-21(20-15-18-3-1-2-4-19(18)29-20)25-23(11-13-24-14-12-23)10-9-16-5-7-17(8-6-16)22(30)26-28/h1-8,15,24,28H,11-14H2,(H,25,27)(H,26,30). The summed E-state index contributed by atoms with van der Waals surface area (Å²) in [6, 6.07) is 16.5. The summed E-state index contributed by atoms with van der Waals surface area (Å²) in [6.07, 6.45) is 1.39. The molecule has 4 N–H and O–H groups in total. The molecule has 2 heterocycles. The molecule has 1 aliphatic rings. The van der Waals surface area contributed by atoms with Crippen LogP contribution in [0.1, 0.15) is 34.5 Å². The lowest BCUT2D eigenvalue weighted by atomic mass is 9.88. The Bertz CT molecular complexity index is 1100. The average molecular weight is 420 g/mol. The number of hydroxylamine groups is 1. The number of furan rings is 1. The first-order valence-electron chi connectivity index (χ1n) is 9.68. The van der Waals surface area contributed by atoms with Crippen molar-refractivity contribution in [1.82, 2.24) is 16.1 Å². The molecule has 4 rings (SSSR count).